The summed E-state index contributed by atoms with van der Waals surface area (Å²) in [6.45, 7) is 1.36. The standard InChI is InChI=1S/C41H71NO18/c1-3-5-7-8-9-10-11-12-13-14-15-17-18-25(46)24(42-29(47)19-16-6-4-2)23-55-39-35(53)32(50)37(27(21-44)57-39)60-41-36(54)33(51)38(28(22-45)58-41)59-40-34(52)31(49)30(48)26(20-43)56-40/h8-9,12-13,17-18,24-28,30-41,43-46,48-54H,3-7,10-11,14-16,19-23H2,1-2H3,(H,42,47)/b9-8+,13-12+,18-17+. The van der Waals surface area contributed by atoms with Gasteiger partial charge in [-0.1, -0.05) is 76.0 Å². The Balaban J connectivity index is 1.61. The Hall–Kier alpha value is -1.99. The summed E-state index contributed by atoms with van der Waals surface area (Å²) in [5.74, 6) is -0.321. The van der Waals surface area contributed by atoms with Crippen LogP contribution in [0.3, 0.4) is 0 Å². The van der Waals surface area contributed by atoms with Crippen molar-refractivity contribution in [3.05, 3.63) is 36.5 Å². The summed E-state index contributed by atoms with van der Waals surface area (Å²) >= 11 is 0. The maximum atomic E-state index is 12.8. The third-order valence-electron chi connectivity index (χ3n) is 10.7. The molecule has 0 aliphatic carbocycles. The molecule has 3 aliphatic rings. The van der Waals surface area contributed by atoms with E-state index in [9.17, 15) is 61.0 Å². The van der Waals surface area contributed by atoms with Gasteiger partial charge in [-0.15, -0.1) is 0 Å². The summed E-state index contributed by atoms with van der Waals surface area (Å²) in [5.41, 5.74) is 0. The maximum Gasteiger partial charge on any atom is 0.220 e. The summed E-state index contributed by atoms with van der Waals surface area (Å²) < 4.78 is 33.7. The lowest BCUT2D eigenvalue weighted by Gasteiger charge is -2.48. The summed E-state index contributed by atoms with van der Waals surface area (Å²) in [5, 5.41) is 118. The molecule has 0 bridgehead atoms. The summed E-state index contributed by atoms with van der Waals surface area (Å²) in [7, 11) is 0. The number of carbonyl (C=O) groups is 1. The number of aliphatic hydroxyl groups is 11. The average Bonchev–Trinajstić information content (AvgIpc) is 3.24. The zero-order valence-electron chi connectivity index (χ0n) is 34.7. The number of hydrogen-bond donors (Lipinski definition) is 12. The summed E-state index contributed by atoms with van der Waals surface area (Å²) in [6.07, 6.45) is -5.62. The molecule has 60 heavy (non-hydrogen) atoms. The molecule has 19 nitrogen and oxygen atoms in total. The molecule has 1 amide bonds. The molecule has 0 aromatic carbocycles. The molecular weight excluding hydrogens is 794 g/mol. The summed E-state index contributed by atoms with van der Waals surface area (Å²) in [4.78, 5) is 12.8. The van der Waals surface area contributed by atoms with Crippen LogP contribution in [-0.4, -0.2) is 193 Å². The first-order valence-electron chi connectivity index (χ1n) is 21.2. The Kier molecular flexibility index (Phi) is 24.4. The van der Waals surface area contributed by atoms with Gasteiger partial charge in [0.25, 0.3) is 0 Å². The smallest absolute Gasteiger partial charge is 0.220 e. The molecule has 3 fully saturated rings. The van der Waals surface area contributed by atoms with Gasteiger partial charge in [0.1, 0.15) is 73.2 Å². The van der Waals surface area contributed by atoms with Crippen LogP contribution in [0.5, 0.6) is 0 Å². The number of aliphatic hydroxyl groups excluding tert-OH is 11. The van der Waals surface area contributed by atoms with Crippen LogP contribution < -0.4 is 5.32 Å². The van der Waals surface area contributed by atoms with Crippen LogP contribution in [0.15, 0.2) is 36.5 Å². The number of rotatable bonds is 26. The van der Waals surface area contributed by atoms with Crippen molar-refractivity contribution in [2.45, 2.75) is 189 Å². The van der Waals surface area contributed by atoms with E-state index in [1.54, 1.807) is 12.2 Å². The number of allylic oxidation sites excluding steroid dienone is 5. The number of nitrogens with one attached hydrogen (secondary N) is 1. The normalized spacial score (nSPS) is 36.3. The molecule has 17 atom stereocenters. The molecule has 0 aromatic rings. The van der Waals surface area contributed by atoms with Gasteiger partial charge in [-0.05, 0) is 38.5 Å². The van der Waals surface area contributed by atoms with E-state index in [4.69, 9.17) is 28.4 Å². The van der Waals surface area contributed by atoms with E-state index in [1.807, 2.05) is 6.92 Å². The quantitative estimate of drug-likeness (QED) is 0.0341. The Labute approximate surface area is 351 Å². The number of ether oxygens (including phenoxy) is 6. The minimum atomic E-state index is -1.98. The Morgan fingerprint density at radius 1 is 0.583 bits per heavy atom. The monoisotopic (exact) mass is 865 g/mol. The molecule has 3 aliphatic heterocycles. The topological polar surface area (TPSA) is 307 Å². The first-order chi connectivity index (χ1) is 28.8. The average molecular weight is 866 g/mol. The fraction of sp³-hybridized carbons (Fsp3) is 0.829. The van der Waals surface area contributed by atoms with Crippen molar-refractivity contribution in [1.29, 1.82) is 0 Å². The molecule has 0 aromatic heterocycles. The van der Waals surface area contributed by atoms with Crippen molar-refractivity contribution < 1.29 is 89.4 Å². The second-order valence-corrected chi connectivity index (χ2v) is 15.4. The molecule has 0 saturated carbocycles. The van der Waals surface area contributed by atoms with Crippen LogP contribution in [-0.2, 0) is 33.2 Å². The molecule has 12 N–H and O–H groups in total. The molecule has 17 unspecified atom stereocenters. The van der Waals surface area contributed by atoms with E-state index < -0.39 is 124 Å². The second kappa shape index (κ2) is 27.9. The highest BCUT2D eigenvalue weighted by Gasteiger charge is 2.53. The highest BCUT2D eigenvalue weighted by atomic mass is 16.8. The van der Waals surface area contributed by atoms with Crippen molar-refractivity contribution >= 4 is 5.91 Å². The first-order valence-corrected chi connectivity index (χ1v) is 21.2. The Morgan fingerprint density at radius 2 is 1.05 bits per heavy atom. The minimum Gasteiger partial charge on any atom is -0.394 e. The predicted molar refractivity (Wildman–Crippen MR) is 212 cm³/mol. The van der Waals surface area contributed by atoms with Crippen LogP contribution >= 0.6 is 0 Å². The minimum absolute atomic E-state index is 0.216. The van der Waals surface area contributed by atoms with Gasteiger partial charge >= 0.3 is 0 Å². The lowest BCUT2D eigenvalue weighted by Crippen LogP contribution is -2.66. The highest BCUT2D eigenvalue weighted by molar-refractivity contribution is 5.76. The van der Waals surface area contributed by atoms with Gasteiger partial charge < -0.3 is 89.9 Å². The second-order valence-electron chi connectivity index (χ2n) is 15.4. The van der Waals surface area contributed by atoms with Gasteiger partial charge in [-0.25, -0.2) is 0 Å². The van der Waals surface area contributed by atoms with Gasteiger partial charge in [0.2, 0.25) is 5.91 Å². The number of hydrogen-bond acceptors (Lipinski definition) is 18. The summed E-state index contributed by atoms with van der Waals surface area (Å²) in [6, 6.07) is -0.985. The van der Waals surface area contributed by atoms with Crippen molar-refractivity contribution in [3.63, 3.8) is 0 Å². The van der Waals surface area contributed by atoms with Crippen molar-refractivity contribution in [2.24, 2.45) is 0 Å². The molecule has 3 heterocycles. The zero-order valence-corrected chi connectivity index (χ0v) is 34.7. The van der Waals surface area contributed by atoms with E-state index in [0.717, 1.165) is 38.5 Å². The fourth-order valence-corrected chi connectivity index (χ4v) is 6.97. The lowest BCUT2D eigenvalue weighted by molar-refractivity contribution is -0.379. The third-order valence-corrected chi connectivity index (χ3v) is 10.7. The van der Waals surface area contributed by atoms with Crippen LogP contribution in [0.2, 0.25) is 0 Å². The predicted octanol–water partition coefficient (Wildman–Crippen LogP) is -1.70. The molecule has 0 spiro atoms. The van der Waals surface area contributed by atoms with Gasteiger partial charge in [-0.3, -0.25) is 4.79 Å². The Bertz CT molecular complexity index is 1270. The zero-order chi connectivity index (χ0) is 44.2. The molecule has 19 heteroatoms. The van der Waals surface area contributed by atoms with Gasteiger partial charge in [-0.2, -0.15) is 0 Å². The number of amides is 1. The highest BCUT2D eigenvalue weighted by Crippen LogP contribution is 2.32. The van der Waals surface area contributed by atoms with Crippen molar-refractivity contribution in [3.8, 4) is 0 Å². The van der Waals surface area contributed by atoms with Gasteiger partial charge in [0, 0.05) is 6.42 Å². The molecule has 3 saturated heterocycles. The van der Waals surface area contributed by atoms with E-state index in [-0.39, 0.29) is 18.9 Å². The van der Waals surface area contributed by atoms with E-state index >= 15 is 0 Å². The van der Waals surface area contributed by atoms with Crippen molar-refractivity contribution in [2.75, 3.05) is 26.4 Å². The molecule has 348 valence electrons. The maximum absolute atomic E-state index is 12.8. The van der Waals surface area contributed by atoms with E-state index in [0.29, 0.717) is 12.8 Å². The number of unbranched alkanes of at least 4 members (excludes halogenated alkanes) is 6. The van der Waals surface area contributed by atoms with Crippen LogP contribution in [0, 0.1) is 0 Å². The number of carbonyl (C=O) groups excluding carboxylic acids is 1. The SMILES string of the molecule is CCCC/C=C/CC/C=C/CC/C=C/C(O)C(COC1OC(CO)C(OC2OC(CO)C(OC3OC(CO)C(O)C(O)C3O)C(O)C2O)C(O)C1O)NC(=O)CCCCC. The third kappa shape index (κ3) is 15.7. The first kappa shape index (κ1) is 52.4. The molecular formula is C41H71NO18. The van der Waals surface area contributed by atoms with E-state index in [2.05, 4.69) is 36.5 Å². The lowest BCUT2D eigenvalue weighted by atomic mass is 9.96. The molecule has 0 radical (unpaired) electrons. The van der Waals surface area contributed by atoms with Crippen molar-refractivity contribution in [1.82, 2.24) is 5.32 Å². The van der Waals surface area contributed by atoms with Crippen LogP contribution in [0.25, 0.3) is 0 Å². The largest absolute Gasteiger partial charge is 0.394 e. The van der Waals surface area contributed by atoms with Gasteiger partial charge in [0.05, 0.1) is 38.6 Å². The van der Waals surface area contributed by atoms with Gasteiger partial charge in [0.15, 0.2) is 18.9 Å². The van der Waals surface area contributed by atoms with E-state index in [1.165, 1.54) is 12.8 Å². The fourth-order valence-electron chi connectivity index (χ4n) is 6.97. The van der Waals surface area contributed by atoms with Crippen LogP contribution in [0.1, 0.15) is 84.5 Å². The Morgan fingerprint density at radius 3 is 1.58 bits per heavy atom. The van der Waals surface area contributed by atoms with Crippen LogP contribution in [0.4, 0.5) is 0 Å². The molecule has 3 rings (SSSR count).